The van der Waals surface area contributed by atoms with Gasteiger partial charge in [0.2, 0.25) is 15.9 Å². The third-order valence-electron chi connectivity index (χ3n) is 8.27. The second kappa shape index (κ2) is 20.6. The molecule has 0 saturated carbocycles. The van der Waals surface area contributed by atoms with Crippen molar-refractivity contribution < 1.29 is 57.9 Å². The molecule has 0 aliphatic carbocycles. The molecule has 2 aromatic rings. The van der Waals surface area contributed by atoms with E-state index in [1.54, 1.807) is 6.08 Å². The number of nitrogens with zero attached hydrogens (tertiary/aromatic N) is 1. The molecule has 0 heterocycles. The third-order valence-corrected chi connectivity index (χ3v) is 10.2. The standard InChI is InChI=1S/C36H45F8N3O5S/c1-5-8-10-13-25-14-15-27(35(39,40)41)20-26(25)22-45-23-32(52-34(49)36(42,43)44)30(19-24-17-28(37)21-29(38)18-24)46-33(48)31(12-7-3)47(4)53(50,51)16-11-9-6-2/h5,7,14-15,17-18,20-21,30-32,45H,1,3,6,8-13,16,19,22-23H2,2,4H3,(H,46,48)/t30-,31-,32+/m0/s1. The van der Waals surface area contributed by atoms with E-state index >= 15 is 0 Å². The van der Waals surface area contributed by atoms with Crippen LogP contribution < -0.4 is 10.6 Å². The fraction of sp³-hybridized carbons (Fsp3) is 0.500. The van der Waals surface area contributed by atoms with Gasteiger partial charge in [-0.05, 0) is 79.5 Å². The molecule has 0 aromatic heterocycles. The largest absolute Gasteiger partial charge is 0.490 e. The van der Waals surface area contributed by atoms with Gasteiger partial charge in [0.25, 0.3) is 0 Å². The highest BCUT2D eigenvalue weighted by molar-refractivity contribution is 7.89. The van der Waals surface area contributed by atoms with Crippen LogP contribution in [-0.2, 0) is 49.9 Å². The fourth-order valence-electron chi connectivity index (χ4n) is 5.45. The summed E-state index contributed by atoms with van der Waals surface area (Å²) in [5.41, 5.74) is -0.531. The van der Waals surface area contributed by atoms with E-state index in [2.05, 4.69) is 23.8 Å². The number of alkyl halides is 6. The number of halogens is 8. The Morgan fingerprint density at radius 3 is 2.17 bits per heavy atom. The molecule has 17 heteroatoms. The summed E-state index contributed by atoms with van der Waals surface area (Å²) in [6.45, 7) is 7.95. The van der Waals surface area contributed by atoms with Crippen LogP contribution in [0.3, 0.4) is 0 Å². The van der Waals surface area contributed by atoms with Crippen molar-refractivity contribution in [3.05, 3.63) is 95.6 Å². The second-order valence-electron chi connectivity index (χ2n) is 12.4. The van der Waals surface area contributed by atoms with Crippen LogP contribution >= 0.6 is 0 Å². The Morgan fingerprint density at radius 2 is 1.60 bits per heavy atom. The number of ether oxygens (including phenoxy) is 1. The van der Waals surface area contributed by atoms with Crippen molar-refractivity contribution in [2.75, 3.05) is 19.3 Å². The lowest BCUT2D eigenvalue weighted by molar-refractivity contribution is -0.206. The SMILES string of the molecule is C=CCCCc1ccc(C(F)(F)F)cc1CNC[C@@H](OC(=O)C(F)(F)F)[C@H](Cc1cc(F)cc(F)c1)NC(=O)[C@H](CC=C)N(C)S(=O)(=O)CCCCC. The Kier molecular flexibility index (Phi) is 17.6. The molecular weight excluding hydrogens is 738 g/mol. The lowest BCUT2D eigenvalue weighted by Gasteiger charge is -2.32. The molecule has 3 atom stereocenters. The van der Waals surface area contributed by atoms with Crippen LogP contribution in [0.4, 0.5) is 35.1 Å². The summed E-state index contributed by atoms with van der Waals surface area (Å²) < 4.78 is 142. The van der Waals surface area contributed by atoms with E-state index in [0.29, 0.717) is 43.7 Å². The Morgan fingerprint density at radius 1 is 0.943 bits per heavy atom. The summed E-state index contributed by atoms with van der Waals surface area (Å²) in [4.78, 5) is 25.9. The lowest BCUT2D eigenvalue weighted by Crippen LogP contribution is -2.56. The first-order valence-electron chi connectivity index (χ1n) is 16.8. The Hall–Kier alpha value is -3.83. The van der Waals surface area contributed by atoms with Gasteiger partial charge in [0.15, 0.2) is 0 Å². The zero-order valence-electron chi connectivity index (χ0n) is 29.5. The van der Waals surface area contributed by atoms with Gasteiger partial charge in [0.1, 0.15) is 23.8 Å². The van der Waals surface area contributed by atoms with E-state index in [9.17, 15) is 53.1 Å². The van der Waals surface area contributed by atoms with Crippen LogP contribution in [0.1, 0.15) is 67.7 Å². The van der Waals surface area contributed by atoms with Crippen molar-refractivity contribution in [2.45, 2.75) is 95.4 Å². The van der Waals surface area contributed by atoms with Crippen molar-refractivity contribution in [1.82, 2.24) is 14.9 Å². The number of benzene rings is 2. The summed E-state index contributed by atoms with van der Waals surface area (Å²) in [6, 6.07) is 2.08. The molecule has 0 aliphatic heterocycles. The van der Waals surface area contributed by atoms with Gasteiger partial charge in [-0.3, -0.25) is 4.79 Å². The minimum atomic E-state index is -5.53. The number of aryl methyl sites for hydroxylation is 1. The number of unbranched alkanes of at least 4 members (excludes halogenated alkanes) is 3. The molecule has 0 fully saturated rings. The molecule has 0 spiro atoms. The van der Waals surface area contributed by atoms with E-state index in [1.807, 2.05) is 6.92 Å². The number of amides is 1. The quantitative estimate of drug-likeness (QED) is 0.0568. The van der Waals surface area contributed by atoms with Gasteiger partial charge in [-0.2, -0.15) is 30.6 Å². The van der Waals surface area contributed by atoms with Gasteiger partial charge < -0.3 is 15.4 Å². The van der Waals surface area contributed by atoms with Crippen molar-refractivity contribution >= 4 is 21.9 Å². The van der Waals surface area contributed by atoms with E-state index in [0.717, 1.165) is 35.6 Å². The predicted octanol–water partition coefficient (Wildman–Crippen LogP) is 7.18. The second-order valence-corrected chi connectivity index (χ2v) is 14.6. The molecule has 2 aromatic carbocycles. The maximum atomic E-state index is 14.2. The fourth-order valence-corrected chi connectivity index (χ4v) is 6.88. The number of carbonyl (C=O) groups excluding carboxylic acids is 2. The normalized spacial score (nSPS) is 14.0. The number of sulfonamides is 1. The van der Waals surface area contributed by atoms with Crippen LogP contribution in [0.2, 0.25) is 0 Å². The highest BCUT2D eigenvalue weighted by Gasteiger charge is 2.44. The highest BCUT2D eigenvalue weighted by atomic mass is 32.2. The van der Waals surface area contributed by atoms with E-state index in [1.165, 1.54) is 12.1 Å². The molecular formula is C36H45F8N3O5S. The number of esters is 1. The summed E-state index contributed by atoms with van der Waals surface area (Å²) >= 11 is 0. The summed E-state index contributed by atoms with van der Waals surface area (Å²) in [5, 5.41) is 5.12. The minimum Gasteiger partial charge on any atom is -0.452 e. The number of hydrogen-bond donors (Lipinski definition) is 2. The average molecular weight is 784 g/mol. The minimum absolute atomic E-state index is 0.138. The van der Waals surface area contributed by atoms with Gasteiger partial charge in [-0.25, -0.2) is 22.0 Å². The summed E-state index contributed by atoms with van der Waals surface area (Å²) in [6.07, 6.45) is -7.25. The summed E-state index contributed by atoms with van der Waals surface area (Å²) in [7, 11) is -2.91. The zero-order chi connectivity index (χ0) is 40.0. The average Bonchev–Trinajstić information content (AvgIpc) is 3.05. The third kappa shape index (κ3) is 14.8. The van der Waals surface area contributed by atoms with Gasteiger partial charge in [0.05, 0.1) is 17.4 Å². The lowest BCUT2D eigenvalue weighted by atomic mass is 9.98. The van der Waals surface area contributed by atoms with Crippen molar-refractivity contribution in [3.63, 3.8) is 0 Å². The first kappa shape index (κ1) is 45.3. The maximum Gasteiger partial charge on any atom is 0.490 e. The molecule has 0 aliphatic rings. The van der Waals surface area contributed by atoms with Crippen molar-refractivity contribution in [2.24, 2.45) is 0 Å². The van der Waals surface area contributed by atoms with Gasteiger partial charge >= 0.3 is 18.3 Å². The van der Waals surface area contributed by atoms with Crippen LogP contribution in [0.25, 0.3) is 0 Å². The topological polar surface area (TPSA) is 105 Å². The van der Waals surface area contributed by atoms with Crippen LogP contribution in [0, 0.1) is 11.6 Å². The first-order chi connectivity index (χ1) is 24.7. The Labute approximate surface area is 304 Å². The summed E-state index contributed by atoms with van der Waals surface area (Å²) in [5.74, 6) is -6.18. The number of rotatable bonds is 22. The molecule has 0 unspecified atom stereocenters. The van der Waals surface area contributed by atoms with Crippen LogP contribution in [0.5, 0.6) is 0 Å². The molecule has 0 saturated heterocycles. The molecule has 8 nitrogen and oxygen atoms in total. The Balaban J connectivity index is 2.57. The zero-order valence-corrected chi connectivity index (χ0v) is 30.3. The van der Waals surface area contributed by atoms with E-state index in [-0.39, 0.29) is 36.3 Å². The number of likely N-dealkylation sites (N-methyl/N-ethyl adjacent to an activating group) is 1. The van der Waals surface area contributed by atoms with Gasteiger partial charge in [0, 0.05) is 26.2 Å². The van der Waals surface area contributed by atoms with Gasteiger partial charge in [-0.15, -0.1) is 13.2 Å². The number of allylic oxidation sites excluding steroid dienone is 1. The molecule has 296 valence electrons. The smallest absolute Gasteiger partial charge is 0.452 e. The molecule has 2 rings (SSSR count). The molecule has 0 radical (unpaired) electrons. The highest BCUT2D eigenvalue weighted by Crippen LogP contribution is 2.31. The van der Waals surface area contributed by atoms with E-state index < -0.39 is 82.6 Å². The molecule has 2 N–H and O–H groups in total. The molecule has 53 heavy (non-hydrogen) atoms. The first-order valence-corrected chi connectivity index (χ1v) is 18.4. The van der Waals surface area contributed by atoms with Crippen LogP contribution in [0.15, 0.2) is 61.7 Å². The number of carbonyl (C=O) groups is 2. The predicted molar refractivity (Wildman–Crippen MR) is 184 cm³/mol. The van der Waals surface area contributed by atoms with Crippen LogP contribution in [-0.4, -0.2) is 68.3 Å². The van der Waals surface area contributed by atoms with Crippen molar-refractivity contribution in [1.29, 1.82) is 0 Å². The number of nitrogens with one attached hydrogen (secondary N) is 2. The number of hydrogen-bond acceptors (Lipinski definition) is 6. The Bertz CT molecular complexity index is 1630. The molecule has 1 amide bonds. The van der Waals surface area contributed by atoms with Gasteiger partial charge in [-0.1, -0.05) is 38.0 Å². The monoisotopic (exact) mass is 783 g/mol. The van der Waals surface area contributed by atoms with E-state index in [4.69, 9.17) is 4.74 Å². The van der Waals surface area contributed by atoms with Crippen molar-refractivity contribution in [3.8, 4) is 0 Å². The maximum absolute atomic E-state index is 14.2. The molecule has 0 bridgehead atoms.